The number of methoxy groups -OCH3 is 1. The smallest absolute Gasteiger partial charge is 0.323 e. The van der Waals surface area contributed by atoms with Crippen molar-refractivity contribution < 1.29 is 9.53 Å². The molecule has 1 saturated heterocycles. The summed E-state index contributed by atoms with van der Waals surface area (Å²) in [6.45, 7) is 1.50. The maximum Gasteiger partial charge on any atom is 0.323 e. The quantitative estimate of drug-likeness (QED) is 0.759. The minimum atomic E-state index is -0.179. The van der Waals surface area contributed by atoms with Crippen LogP contribution in [0.2, 0.25) is 0 Å². The molecule has 1 atom stereocenters. The summed E-state index contributed by atoms with van der Waals surface area (Å²) in [5.41, 5.74) is 1.64. The van der Waals surface area contributed by atoms with Gasteiger partial charge in [-0.05, 0) is 31.0 Å². The molecule has 0 aliphatic carbocycles. The largest absolute Gasteiger partial charge is 0.468 e. The first-order valence-corrected chi connectivity index (χ1v) is 6.06. The molecular weight excluding hydrogens is 228 g/mol. The molecule has 0 N–H and O–H groups in total. The summed E-state index contributed by atoms with van der Waals surface area (Å²) in [7, 11) is 1.42. The Balaban J connectivity index is 2.13. The van der Waals surface area contributed by atoms with E-state index in [0.717, 1.165) is 24.9 Å². The zero-order valence-electron chi connectivity index (χ0n) is 10.4. The number of ether oxygens (including phenoxy) is 1. The molecule has 0 aromatic heterocycles. The predicted octanol–water partition coefficient (Wildman–Crippen LogP) is 1.70. The second-order valence-electron chi connectivity index (χ2n) is 4.42. The van der Waals surface area contributed by atoms with Crippen LogP contribution in [0.3, 0.4) is 0 Å². The lowest BCUT2D eigenvalue weighted by molar-refractivity contribution is -0.146. The van der Waals surface area contributed by atoms with Crippen LogP contribution in [-0.4, -0.2) is 30.6 Å². The second-order valence-corrected chi connectivity index (χ2v) is 4.42. The Bertz CT molecular complexity index is 479. The minimum Gasteiger partial charge on any atom is -0.468 e. The van der Waals surface area contributed by atoms with Crippen molar-refractivity contribution in [1.29, 1.82) is 5.26 Å². The fourth-order valence-corrected chi connectivity index (χ4v) is 2.40. The van der Waals surface area contributed by atoms with E-state index in [1.54, 1.807) is 6.07 Å². The zero-order valence-corrected chi connectivity index (χ0v) is 10.4. The summed E-state index contributed by atoms with van der Waals surface area (Å²) in [5.74, 6) is -0.179. The number of benzene rings is 1. The first kappa shape index (κ1) is 12.6. The van der Waals surface area contributed by atoms with Crippen molar-refractivity contribution in [3.8, 4) is 6.07 Å². The van der Waals surface area contributed by atoms with Gasteiger partial charge < -0.3 is 4.74 Å². The highest BCUT2D eigenvalue weighted by atomic mass is 16.5. The van der Waals surface area contributed by atoms with Gasteiger partial charge in [-0.2, -0.15) is 5.26 Å². The van der Waals surface area contributed by atoms with Gasteiger partial charge in [0.05, 0.1) is 18.7 Å². The van der Waals surface area contributed by atoms with Gasteiger partial charge >= 0.3 is 5.97 Å². The minimum absolute atomic E-state index is 0.165. The summed E-state index contributed by atoms with van der Waals surface area (Å²) >= 11 is 0. The highest BCUT2D eigenvalue weighted by Gasteiger charge is 2.31. The molecule has 0 amide bonds. The third kappa shape index (κ3) is 2.52. The van der Waals surface area contributed by atoms with Gasteiger partial charge in [0.1, 0.15) is 6.04 Å². The van der Waals surface area contributed by atoms with E-state index in [4.69, 9.17) is 10.00 Å². The number of likely N-dealkylation sites (tertiary alicyclic amines) is 1. The number of esters is 1. The van der Waals surface area contributed by atoms with Crippen molar-refractivity contribution in [2.24, 2.45) is 0 Å². The van der Waals surface area contributed by atoms with E-state index in [-0.39, 0.29) is 12.0 Å². The van der Waals surface area contributed by atoms with Gasteiger partial charge in [0.25, 0.3) is 0 Å². The lowest BCUT2D eigenvalue weighted by Crippen LogP contribution is -2.36. The molecule has 94 valence electrons. The lowest BCUT2D eigenvalue weighted by atomic mass is 10.1. The molecule has 1 unspecified atom stereocenters. The highest BCUT2D eigenvalue weighted by Crippen LogP contribution is 2.22. The molecule has 18 heavy (non-hydrogen) atoms. The fourth-order valence-electron chi connectivity index (χ4n) is 2.40. The van der Waals surface area contributed by atoms with E-state index < -0.39 is 0 Å². The number of carbonyl (C=O) groups is 1. The Labute approximate surface area is 107 Å². The molecule has 1 heterocycles. The molecular formula is C14H16N2O2. The van der Waals surface area contributed by atoms with E-state index in [1.807, 2.05) is 18.2 Å². The van der Waals surface area contributed by atoms with Gasteiger partial charge in [-0.3, -0.25) is 9.69 Å². The molecule has 0 radical (unpaired) electrons. The van der Waals surface area contributed by atoms with E-state index >= 15 is 0 Å². The Hall–Kier alpha value is -1.86. The SMILES string of the molecule is COC(=O)C1CCCN1Cc1ccccc1C#N. The van der Waals surface area contributed by atoms with Crippen LogP contribution in [0.15, 0.2) is 24.3 Å². The van der Waals surface area contributed by atoms with Crippen molar-refractivity contribution >= 4 is 5.97 Å². The van der Waals surface area contributed by atoms with E-state index in [0.29, 0.717) is 12.1 Å². The molecule has 4 nitrogen and oxygen atoms in total. The van der Waals surface area contributed by atoms with Gasteiger partial charge in [0.15, 0.2) is 0 Å². The average molecular weight is 244 g/mol. The Morgan fingerprint density at radius 1 is 1.56 bits per heavy atom. The van der Waals surface area contributed by atoms with Crippen molar-refractivity contribution in [3.05, 3.63) is 35.4 Å². The fraction of sp³-hybridized carbons (Fsp3) is 0.429. The van der Waals surface area contributed by atoms with Gasteiger partial charge in [0.2, 0.25) is 0 Å². The molecule has 1 aromatic rings. The average Bonchev–Trinajstić information content (AvgIpc) is 2.86. The summed E-state index contributed by atoms with van der Waals surface area (Å²) < 4.78 is 4.81. The predicted molar refractivity (Wildman–Crippen MR) is 66.6 cm³/mol. The van der Waals surface area contributed by atoms with Crippen LogP contribution < -0.4 is 0 Å². The molecule has 0 spiro atoms. The normalized spacial score (nSPS) is 19.4. The number of rotatable bonds is 3. The third-order valence-corrected chi connectivity index (χ3v) is 3.35. The molecule has 1 fully saturated rings. The van der Waals surface area contributed by atoms with Crippen molar-refractivity contribution in [3.63, 3.8) is 0 Å². The molecule has 2 rings (SSSR count). The molecule has 4 heteroatoms. The van der Waals surface area contributed by atoms with Gasteiger partial charge in [-0.1, -0.05) is 18.2 Å². The van der Waals surface area contributed by atoms with E-state index in [9.17, 15) is 4.79 Å². The number of hydrogen-bond acceptors (Lipinski definition) is 4. The molecule has 1 aliphatic heterocycles. The number of hydrogen-bond donors (Lipinski definition) is 0. The third-order valence-electron chi connectivity index (χ3n) is 3.35. The Morgan fingerprint density at radius 3 is 3.06 bits per heavy atom. The van der Waals surface area contributed by atoms with Crippen LogP contribution in [0, 0.1) is 11.3 Å². The van der Waals surface area contributed by atoms with Gasteiger partial charge in [-0.25, -0.2) is 0 Å². The van der Waals surface area contributed by atoms with Gasteiger partial charge in [-0.15, -0.1) is 0 Å². The maximum absolute atomic E-state index is 11.6. The lowest BCUT2D eigenvalue weighted by Gasteiger charge is -2.22. The Morgan fingerprint density at radius 2 is 2.33 bits per heavy atom. The highest BCUT2D eigenvalue weighted by molar-refractivity contribution is 5.76. The van der Waals surface area contributed by atoms with E-state index in [2.05, 4.69) is 11.0 Å². The summed E-state index contributed by atoms with van der Waals surface area (Å²) in [6.07, 6.45) is 1.83. The van der Waals surface area contributed by atoms with E-state index in [1.165, 1.54) is 7.11 Å². The van der Waals surface area contributed by atoms with Crippen LogP contribution in [0.1, 0.15) is 24.0 Å². The molecule has 0 bridgehead atoms. The van der Waals surface area contributed by atoms with Crippen molar-refractivity contribution in [2.75, 3.05) is 13.7 Å². The maximum atomic E-state index is 11.6. The molecule has 0 saturated carbocycles. The van der Waals surface area contributed by atoms with Crippen LogP contribution in [-0.2, 0) is 16.1 Å². The zero-order chi connectivity index (χ0) is 13.0. The van der Waals surface area contributed by atoms with Crippen LogP contribution >= 0.6 is 0 Å². The first-order valence-electron chi connectivity index (χ1n) is 6.06. The summed E-state index contributed by atoms with van der Waals surface area (Å²) in [6, 6.07) is 9.53. The number of nitriles is 1. The van der Waals surface area contributed by atoms with Crippen molar-refractivity contribution in [1.82, 2.24) is 4.90 Å². The van der Waals surface area contributed by atoms with Crippen LogP contribution in [0.25, 0.3) is 0 Å². The number of carbonyl (C=O) groups excluding carboxylic acids is 1. The Kier molecular flexibility index (Phi) is 3.96. The monoisotopic (exact) mass is 244 g/mol. The van der Waals surface area contributed by atoms with Crippen LogP contribution in [0.5, 0.6) is 0 Å². The van der Waals surface area contributed by atoms with Crippen LogP contribution in [0.4, 0.5) is 0 Å². The summed E-state index contributed by atoms with van der Waals surface area (Å²) in [5, 5.41) is 9.05. The molecule has 1 aliphatic rings. The summed E-state index contributed by atoms with van der Waals surface area (Å²) in [4.78, 5) is 13.7. The standard InChI is InChI=1S/C14H16N2O2/c1-18-14(17)13-7-4-8-16(13)10-12-6-3-2-5-11(12)9-15/h2-3,5-6,13H,4,7-8,10H2,1H3. The van der Waals surface area contributed by atoms with Gasteiger partial charge in [0, 0.05) is 6.54 Å². The van der Waals surface area contributed by atoms with Crippen molar-refractivity contribution in [2.45, 2.75) is 25.4 Å². The second kappa shape index (κ2) is 5.65. The first-order chi connectivity index (χ1) is 8.76. The molecule has 1 aromatic carbocycles. The number of nitrogens with zero attached hydrogens (tertiary/aromatic N) is 2. The topological polar surface area (TPSA) is 53.3 Å².